The lowest BCUT2D eigenvalue weighted by atomic mass is 10.0. The lowest BCUT2D eigenvalue weighted by molar-refractivity contribution is 0.0672. The second-order valence-electron chi connectivity index (χ2n) is 6.13. The van der Waals surface area contributed by atoms with Gasteiger partial charge in [0.2, 0.25) is 11.7 Å². The Balaban J connectivity index is 1.50. The third-order valence-electron chi connectivity index (χ3n) is 4.35. The minimum absolute atomic E-state index is 0.0550. The molecule has 1 aliphatic heterocycles. The Morgan fingerprint density at radius 2 is 2.12 bits per heavy atom. The summed E-state index contributed by atoms with van der Waals surface area (Å²) in [5.41, 5.74) is 1.29. The van der Waals surface area contributed by atoms with Crippen molar-refractivity contribution in [2.24, 2.45) is 0 Å². The van der Waals surface area contributed by atoms with Crippen molar-refractivity contribution in [3.8, 4) is 11.5 Å². The van der Waals surface area contributed by atoms with Crippen molar-refractivity contribution in [3.05, 3.63) is 48.0 Å². The van der Waals surface area contributed by atoms with Crippen LogP contribution < -0.4 is 0 Å². The molecule has 2 aromatic heterocycles. The molecule has 25 heavy (non-hydrogen) atoms. The summed E-state index contributed by atoms with van der Waals surface area (Å²) in [6.07, 6.45) is 3.69. The smallest absolute Gasteiger partial charge is 0.253 e. The van der Waals surface area contributed by atoms with Gasteiger partial charge in [0, 0.05) is 25.6 Å². The number of piperidine rings is 1. The monoisotopic (exact) mass is 338 g/mol. The molecule has 4 rings (SSSR count). The first-order valence-electron chi connectivity index (χ1n) is 8.27. The van der Waals surface area contributed by atoms with Crippen LogP contribution in [0.25, 0.3) is 11.5 Å². The van der Waals surface area contributed by atoms with E-state index >= 15 is 0 Å². The summed E-state index contributed by atoms with van der Waals surface area (Å²) in [5.74, 6) is 0.970. The highest BCUT2D eigenvalue weighted by atomic mass is 16.5. The second-order valence-corrected chi connectivity index (χ2v) is 6.13. The zero-order valence-corrected chi connectivity index (χ0v) is 13.9. The van der Waals surface area contributed by atoms with Gasteiger partial charge < -0.3 is 9.42 Å². The molecule has 0 radical (unpaired) electrons. The number of likely N-dealkylation sites (tertiary alicyclic amines) is 1. The molecule has 0 spiro atoms. The fourth-order valence-electron chi connectivity index (χ4n) is 3.08. The minimum atomic E-state index is 0.0550. The SMILES string of the molecule is Cc1nc(-c2cn([C@H]3CCCN(C(=O)c4ccccc4)C3)nn2)no1. The maximum atomic E-state index is 12.7. The van der Waals surface area contributed by atoms with E-state index in [0.29, 0.717) is 29.5 Å². The third kappa shape index (κ3) is 3.15. The molecule has 8 heteroatoms. The zero-order valence-electron chi connectivity index (χ0n) is 13.9. The number of aromatic nitrogens is 5. The predicted octanol–water partition coefficient (Wildman–Crippen LogP) is 2.11. The zero-order chi connectivity index (χ0) is 17.2. The van der Waals surface area contributed by atoms with Crippen LogP contribution in [0.2, 0.25) is 0 Å². The van der Waals surface area contributed by atoms with Gasteiger partial charge in [-0.2, -0.15) is 4.98 Å². The van der Waals surface area contributed by atoms with Crippen LogP contribution in [-0.2, 0) is 0 Å². The van der Waals surface area contributed by atoms with E-state index < -0.39 is 0 Å². The number of rotatable bonds is 3. The lowest BCUT2D eigenvalue weighted by Crippen LogP contribution is -2.40. The molecule has 0 unspecified atom stereocenters. The molecule has 3 aromatic rings. The Bertz CT molecular complexity index is 872. The quantitative estimate of drug-likeness (QED) is 0.726. The van der Waals surface area contributed by atoms with Crippen molar-refractivity contribution in [1.29, 1.82) is 0 Å². The molecule has 3 heterocycles. The van der Waals surface area contributed by atoms with Crippen molar-refractivity contribution in [2.75, 3.05) is 13.1 Å². The van der Waals surface area contributed by atoms with Gasteiger partial charge in [-0.3, -0.25) is 4.79 Å². The average molecular weight is 338 g/mol. The molecule has 1 aliphatic rings. The first-order valence-corrected chi connectivity index (χ1v) is 8.27. The summed E-state index contributed by atoms with van der Waals surface area (Å²) in [4.78, 5) is 18.7. The van der Waals surface area contributed by atoms with Gasteiger partial charge in [0.05, 0.1) is 12.2 Å². The highest BCUT2D eigenvalue weighted by Gasteiger charge is 2.26. The number of carbonyl (C=O) groups excluding carboxylic acids is 1. The molecule has 1 fully saturated rings. The highest BCUT2D eigenvalue weighted by molar-refractivity contribution is 5.94. The molecule has 0 saturated carbocycles. The van der Waals surface area contributed by atoms with E-state index in [0.717, 1.165) is 19.4 Å². The van der Waals surface area contributed by atoms with Crippen molar-refractivity contribution >= 4 is 5.91 Å². The second kappa shape index (κ2) is 6.46. The standard InChI is InChI=1S/C17H18N6O2/c1-12-18-16(20-25-12)15-11-23(21-19-15)14-8-5-9-22(10-14)17(24)13-6-3-2-4-7-13/h2-4,6-7,11,14H,5,8-10H2,1H3/t14-/m0/s1. The van der Waals surface area contributed by atoms with Crippen molar-refractivity contribution in [3.63, 3.8) is 0 Å². The summed E-state index contributed by atoms with van der Waals surface area (Å²) in [6, 6.07) is 9.45. The molecule has 0 N–H and O–H groups in total. The van der Waals surface area contributed by atoms with E-state index in [1.54, 1.807) is 11.6 Å². The number of amides is 1. The van der Waals surface area contributed by atoms with Gasteiger partial charge >= 0.3 is 0 Å². The molecule has 1 saturated heterocycles. The third-order valence-corrected chi connectivity index (χ3v) is 4.35. The minimum Gasteiger partial charge on any atom is -0.339 e. The molecule has 8 nitrogen and oxygen atoms in total. The Hall–Kier alpha value is -3.03. The fraction of sp³-hybridized carbons (Fsp3) is 0.353. The normalized spacial score (nSPS) is 17.6. The predicted molar refractivity (Wildman–Crippen MR) is 88.7 cm³/mol. The van der Waals surface area contributed by atoms with E-state index in [1.165, 1.54) is 0 Å². The van der Waals surface area contributed by atoms with Crippen molar-refractivity contribution < 1.29 is 9.32 Å². The van der Waals surface area contributed by atoms with Gasteiger partial charge in [0.1, 0.15) is 0 Å². The van der Waals surface area contributed by atoms with Crippen molar-refractivity contribution in [2.45, 2.75) is 25.8 Å². The Labute approximate surface area is 144 Å². The Kier molecular flexibility index (Phi) is 4.01. The maximum absolute atomic E-state index is 12.7. The molecule has 1 atom stereocenters. The summed E-state index contributed by atoms with van der Waals surface area (Å²) in [6.45, 7) is 3.10. The van der Waals surface area contributed by atoms with Crippen LogP contribution in [-0.4, -0.2) is 49.0 Å². The van der Waals surface area contributed by atoms with Crippen LogP contribution in [0.4, 0.5) is 0 Å². The van der Waals surface area contributed by atoms with Crippen LogP contribution in [0.15, 0.2) is 41.1 Å². The molecule has 0 bridgehead atoms. The van der Waals surface area contributed by atoms with Gasteiger partial charge in [-0.05, 0) is 25.0 Å². The van der Waals surface area contributed by atoms with Gasteiger partial charge in [-0.15, -0.1) is 5.10 Å². The summed E-state index contributed by atoms with van der Waals surface area (Å²) < 4.78 is 6.78. The van der Waals surface area contributed by atoms with Gasteiger partial charge in [-0.1, -0.05) is 28.6 Å². The molecule has 0 aliphatic carbocycles. The Morgan fingerprint density at radius 1 is 1.28 bits per heavy atom. The topological polar surface area (TPSA) is 89.9 Å². The molecule has 1 amide bonds. The number of nitrogens with zero attached hydrogens (tertiary/aromatic N) is 6. The maximum Gasteiger partial charge on any atom is 0.253 e. The lowest BCUT2D eigenvalue weighted by Gasteiger charge is -2.32. The largest absolute Gasteiger partial charge is 0.339 e. The fourth-order valence-corrected chi connectivity index (χ4v) is 3.08. The van der Waals surface area contributed by atoms with E-state index in [1.807, 2.05) is 41.4 Å². The van der Waals surface area contributed by atoms with E-state index in [-0.39, 0.29) is 11.9 Å². The average Bonchev–Trinajstić information content (AvgIpc) is 3.31. The van der Waals surface area contributed by atoms with Crippen LogP contribution in [0.3, 0.4) is 0 Å². The van der Waals surface area contributed by atoms with Crippen LogP contribution in [0, 0.1) is 6.92 Å². The Morgan fingerprint density at radius 3 is 2.88 bits per heavy atom. The summed E-state index contributed by atoms with van der Waals surface area (Å²) in [7, 11) is 0. The number of aryl methyl sites for hydroxylation is 1. The number of hydrogen-bond acceptors (Lipinski definition) is 6. The van der Waals surface area contributed by atoms with E-state index in [9.17, 15) is 4.79 Å². The summed E-state index contributed by atoms with van der Waals surface area (Å²) in [5, 5.41) is 12.2. The molecular formula is C17H18N6O2. The van der Waals surface area contributed by atoms with Crippen LogP contribution >= 0.6 is 0 Å². The van der Waals surface area contributed by atoms with Gasteiger partial charge in [-0.25, -0.2) is 4.68 Å². The molecular weight excluding hydrogens is 320 g/mol. The van der Waals surface area contributed by atoms with Crippen LogP contribution in [0.5, 0.6) is 0 Å². The molecule has 128 valence electrons. The first kappa shape index (κ1) is 15.5. The van der Waals surface area contributed by atoms with Gasteiger partial charge in [0.25, 0.3) is 5.91 Å². The first-order chi connectivity index (χ1) is 12.2. The summed E-state index contributed by atoms with van der Waals surface area (Å²) >= 11 is 0. The van der Waals surface area contributed by atoms with Crippen LogP contribution in [0.1, 0.15) is 35.1 Å². The van der Waals surface area contributed by atoms with Gasteiger partial charge in [0.15, 0.2) is 5.69 Å². The van der Waals surface area contributed by atoms with E-state index in [4.69, 9.17) is 4.52 Å². The highest BCUT2D eigenvalue weighted by Crippen LogP contribution is 2.23. The molecule has 1 aromatic carbocycles. The van der Waals surface area contributed by atoms with Crippen molar-refractivity contribution in [1.82, 2.24) is 30.0 Å². The number of benzene rings is 1. The number of carbonyl (C=O) groups is 1. The van der Waals surface area contributed by atoms with E-state index in [2.05, 4.69) is 20.5 Å². The number of hydrogen-bond donors (Lipinski definition) is 0.